The van der Waals surface area contributed by atoms with Gasteiger partial charge >= 0.3 is 11.9 Å². The topological polar surface area (TPSA) is 190 Å². The van der Waals surface area contributed by atoms with Gasteiger partial charge in [-0.1, -0.05) is 6.07 Å². The first kappa shape index (κ1) is 38.9. The lowest BCUT2D eigenvalue weighted by atomic mass is 9.79. The summed E-state index contributed by atoms with van der Waals surface area (Å²) >= 11 is 0. The SMILES string of the molecule is O=C(OCC1CO1)C1CC2OC2CC1C(=O)OCC1OC1C1OC1COc1ccc(N(CC2CO2)CC2OC2C2OC2CN(CC2CO2)c2cccc(OCC3CO3)c2)cc1. The molecule has 328 valence electrons. The Morgan fingerprint density at radius 2 is 1.02 bits per heavy atom. The smallest absolute Gasteiger partial charge is 0.310 e. The van der Waals surface area contributed by atoms with Crippen molar-refractivity contribution in [3.05, 3.63) is 48.5 Å². The summed E-state index contributed by atoms with van der Waals surface area (Å²) in [6.45, 7) is 7.32. The van der Waals surface area contributed by atoms with Gasteiger partial charge in [0.15, 0.2) is 0 Å². The van der Waals surface area contributed by atoms with Crippen molar-refractivity contribution in [1.29, 1.82) is 0 Å². The van der Waals surface area contributed by atoms with Crippen molar-refractivity contribution in [2.24, 2.45) is 11.8 Å². The number of rotatable bonds is 24. The number of carbonyl (C=O) groups is 2. The summed E-state index contributed by atoms with van der Waals surface area (Å²) in [6, 6.07) is 16.3. The zero-order valence-electron chi connectivity index (χ0n) is 33.8. The average Bonchev–Trinajstić information content (AvgIpc) is 4.08. The highest BCUT2D eigenvalue weighted by Crippen LogP contribution is 2.45. The van der Waals surface area contributed by atoms with Gasteiger partial charge in [0.2, 0.25) is 0 Å². The van der Waals surface area contributed by atoms with Gasteiger partial charge < -0.3 is 71.4 Å². The van der Waals surface area contributed by atoms with E-state index in [1.807, 2.05) is 24.3 Å². The van der Waals surface area contributed by atoms with Gasteiger partial charge in [-0.05, 0) is 49.2 Å². The van der Waals surface area contributed by atoms with Crippen molar-refractivity contribution in [2.75, 3.05) is 88.8 Å². The van der Waals surface area contributed by atoms with Crippen LogP contribution in [0.3, 0.4) is 0 Å². The number of hydrogen-bond donors (Lipinski definition) is 0. The van der Waals surface area contributed by atoms with Crippen molar-refractivity contribution < 1.29 is 71.2 Å². The van der Waals surface area contributed by atoms with E-state index in [9.17, 15) is 9.59 Å². The van der Waals surface area contributed by atoms with Crippen molar-refractivity contribution in [3.8, 4) is 11.5 Å². The average molecular weight is 849 g/mol. The van der Waals surface area contributed by atoms with E-state index in [0.29, 0.717) is 32.7 Å². The molecule has 1 aliphatic carbocycles. The molecule has 1 saturated carbocycles. The Labute approximate surface area is 352 Å². The molecule has 16 unspecified atom stereocenters. The fraction of sp³-hybridized carbons (Fsp3) is 0.682. The quantitative estimate of drug-likeness (QED) is 0.108. The summed E-state index contributed by atoms with van der Waals surface area (Å²) in [5, 5.41) is 0. The van der Waals surface area contributed by atoms with Crippen molar-refractivity contribution in [2.45, 2.75) is 98.3 Å². The monoisotopic (exact) mass is 848 g/mol. The second-order valence-electron chi connectivity index (χ2n) is 18.0. The van der Waals surface area contributed by atoms with Gasteiger partial charge in [-0.25, -0.2) is 0 Å². The third-order valence-electron chi connectivity index (χ3n) is 13.2. The molecule has 10 aliphatic rings. The molecule has 61 heavy (non-hydrogen) atoms. The number of epoxide rings is 9. The lowest BCUT2D eigenvalue weighted by Crippen LogP contribution is -2.38. The molecule has 9 saturated heterocycles. The maximum atomic E-state index is 13.1. The van der Waals surface area contributed by atoms with Gasteiger partial charge in [0.25, 0.3) is 0 Å². The molecule has 0 spiro atoms. The fourth-order valence-electron chi connectivity index (χ4n) is 8.90. The lowest BCUT2D eigenvalue weighted by Gasteiger charge is -2.26. The molecule has 17 heteroatoms. The Hall–Kier alpha value is -3.78. The van der Waals surface area contributed by atoms with Crippen LogP contribution in [0.25, 0.3) is 0 Å². The third kappa shape index (κ3) is 9.75. The molecular formula is C44H52N2O15. The number of anilines is 2. The molecule has 2 aromatic carbocycles. The molecule has 0 bridgehead atoms. The zero-order chi connectivity index (χ0) is 40.6. The molecule has 17 nitrogen and oxygen atoms in total. The first-order valence-electron chi connectivity index (χ1n) is 22.0. The first-order chi connectivity index (χ1) is 29.9. The summed E-state index contributed by atoms with van der Waals surface area (Å²) in [5.74, 6) is -0.361. The van der Waals surface area contributed by atoms with E-state index in [1.165, 1.54) is 0 Å². The van der Waals surface area contributed by atoms with E-state index in [2.05, 4.69) is 34.1 Å². The molecule has 12 rings (SSSR count). The molecular weight excluding hydrogens is 796 g/mol. The second-order valence-corrected chi connectivity index (χ2v) is 18.0. The van der Waals surface area contributed by atoms with E-state index in [4.69, 9.17) is 61.6 Å². The molecule has 0 amide bonds. The normalized spacial score (nSPS) is 39.8. The Balaban J connectivity index is 0.579. The zero-order valence-corrected chi connectivity index (χ0v) is 33.8. The maximum Gasteiger partial charge on any atom is 0.310 e. The van der Waals surface area contributed by atoms with Gasteiger partial charge in [0.1, 0.15) is 99.0 Å². The van der Waals surface area contributed by atoms with E-state index < -0.39 is 17.8 Å². The summed E-state index contributed by atoms with van der Waals surface area (Å²) < 4.78 is 74.6. The van der Waals surface area contributed by atoms with Crippen LogP contribution in [0.2, 0.25) is 0 Å². The van der Waals surface area contributed by atoms with Crippen LogP contribution < -0.4 is 19.3 Å². The number of carbonyl (C=O) groups excluding carboxylic acids is 2. The number of nitrogens with zero attached hydrogens (tertiary/aromatic N) is 2. The molecule has 0 aromatic heterocycles. The molecule has 9 heterocycles. The number of hydrogen-bond acceptors (Lipinski definition) is 17. The number of benzene rings is 2. The summed E-state index contributed by atoms with van der Waals surface area (Å²) in [6.07, 6.45) is 1.26. The Kier molecular flexibility index (Phi) is 10.3. The standard InChI is InChI=1S/C44H52N2O15/c47-43(55-20-30-19-53-30)31-9-33-34(57-33)10-32(31)44(48)56-22-38-42(61-38)41-37(60-41)21-54-25-6-4-23(5-7-25)45(11-27-15-50-27)13-35-39(58-35)40-36(59-40)14-46(12-28-16-51-28)24-2-1-3-26(8-24)49-17-29-18-52-29/h1-8,27-42H,9-22H2. The van der Waals surface area contributed by atoms with Gasteiger partial charge in [-0.15, -0.1) is 0 Å². The third-order valence-corrected chi connectivity index (χ3v) is 13.2. The van der Waals surface area contributed by atoms with Crippen LogP contribution in [0.1, 0.15) is 12.8 Å². The first-order valence-corrected chi connectivity index (χ1v) is 22.0. The largest absolute Gasteiger partial charge is 0.491 e. The minimum Gasteiger partial charge on any atom is -0.491 e. The van der Waals surface area contributed by atoms with Crippen LogP contribution in [0.5, 0.6) is 11.5 Å². The highest BCUT2D eigenvalue weighted by Gasteiger charge is 2.60. The fourth-order valence-corrected chi connectivity index (χ4v) is 8.90. The minimum absolute atomic E-state index is 0.00748. The second kappa shape index (κ2) is 16.1. The van der Waals surface area contributed by atoms with Crippen molar-refractivity contribution >= 4 is 23.3 Å². The van der Waals surface area contributed by atoms with Crippen LogP contribution in [0.4, 0.5) is 11.4 Å². The number of esters is 2. The molecule has 16 atom stereocenters. The molecule has 0 radical (unpaired) electrons. The Morgan fingerprint density at radius 1 is 0.508 bits per heavy atom. The maximum absolute atomic E-state index is 13.1. The molecule has 2 aromatic rings. The van der Waals surface area contributed by atoms with Gasteiger partial charge in [0, 0.05) is 43.6 Å². The number of fused-ring (bicyclic) bond motifs is 1. The van der Waals surface area contributed by atoms with E-state index in [0.717, 1.165) is 68.9 Å². The summed E-state index contributed by atoms with van der Waals surface area (Å²) in [5.41, 5.74) is 2.17. The number of ether oxygens (including phenoxy) is 13. The van der Waals surface area contributed by atoms with Gasteiger partial charge in [-0.3, -0.25) is 9.59 Å². The van der Waals surface area contributed by atoms with Crippen molar-refractivity contribution in [1.82, 2.24) is 0 Å². The van der Waals surface area contributed by atoms with Crippen LogP contribution >= 0.6 is 0 Å². The van der Waals surface area contributed by atoms with Gasteiger partial charge in [-0.2, -0.15) is 0 Å². The minimum atomic E-state index is -0.588. The van der Waals surface area contributed by atoms with E-state index in [1.54, 1.807) is 0 Å². The highest BCUT2D eigenvalue weighted by molar-refractivity contribution is 5.82. The van der Waals surface area contributed by atoms with Crippen molar-refractivity contribution in [3.63, 3.8) is 0 Å². The summed E-state index contributed by atoms with van der Waals surface area (Å²) in [4.78, 5) is 30.5. The molecule has 0 N–H and O–H groups in total. The Bertz CT molecular complexity index is 1920. The molecule has 9 aliphatic heterocycles. The van der Waals surface area contributed by atoms with Crippen LogP contribution in [0, 0.1) is 11.8 Å². The van der Waals surface area contributed by atoms with Crippen LogP contribution in [-0.4, -0.2) is 176 Å². The van der Waals surface area contributed by atoms with Gasteiger partial charge in [0.05, 0.1) is 62.7 Å². The van der Waals surface area contributed by atoms with E-state index >= 15 is 0 Å². The predicted octanol–water partition coefficient (Wildman–Crippen LogP) is 1.30. The summed E-state index contributed by atoms with van der Waals surface area (Å²) in [7, 11) is 0. The molecule has 10 fully saturated rings. The Morgan fingerprint density at radius 3 is 1.62 bits per heavy atom. The van der Waals surface area contributed by atoms with Crippen LogP contribution in [-0.2, 0) is 61.7 Å². The predicted molar refractivity (Wildman–Crippen MR) is 209 cm³/mol. The van der Waals surface area contributed by atoms with Crippen LogP contribution in [0.15, 0.2) is 48.5 Å². The lowest BCUT2D eigenvalue weighted by molar-refractivity contribution is -0.162. The highest BCUT2D eigenvalue weighted by atomic mass is 16.7. The van der Waals surface area contributed by atoms with E-state index in [-0.39, 0.29) is 105 Å².